The summed E-state index contributed by atoms with van der Waals surface area (Å²) in [5, 5.41) is 0. The molecule has 1 rings (SSSR count). The van der Waals surface area contributed by atoms with E-state index in [1.165, 1.54) is 0 Å². The molecule has 0 fully saturated rings. The van der Waals surface area contributed by atoms with Crippen molar-refractivity contribution in [3.63, 3.8) is 0 Å². The maximum Gasteiger partial charge on any atom is 0.267 e. The van der Waals surface area contributed by atoms with Gasteiger partial charge in [0.2, 0.25) is 0 Å². The zero-order chi connectivity index (χ0) is 11.8. The van der Waals surface area contributed by atoms with Crippen LogP contribution in [0.1, 0.15) is 49.3 Å². The van der Waals surface area contributed by atoms with Crippen molar-refractivity contribution in [2.24, 2.45) is 11.5 Å². The first kappa shape index (κ1) is 13.6. The minimum Gasteiger partial charge on any atom is -0.364 e. The Morgan fingerprint density at radius 1 is 1.53 bits per heavy atom. The molecule has 15 heavy (non-hydrogen) atoms. The highest BCUT2D eigenvalue weighted by atomic mass is 16.1. The number of carbonyl (C=O) groups is 1. The summed E-state index contributed by atoms with van der Waals surface area (Å²) < 4.78 is 0. The second-order valence-electron chi connectivity index (χ2n) is 2.85. The Kier molecular flexibility index (Phi) is 6.29. The van der Waals surface area contributed by atoms with Crippen molar-refractivity contribution in [2.75, 3.05) is 0 Å². The van der Waals surface area contributed by atoms with Gasteiger partial charge in [-0.3, -0.25) is 9.78 Å². The average molecular weight is 209 g/mol. The van der Waals surface area contributed by atoms with Gasteiger partial charge in [0.1, 0.15) is 5.69 Å². The van der Waals surface area contributed by atoms with Gasteiger partial charge in [-0.25, -0.2) is 0 Å². The van der Waals surface area contributed by atoms with Crippen LogP contribution in [0.4, 0.5) is 0 Å². The minimum atomic E-state index is -0.523. The summed E-state index contributed by atoms with van der Waals surface area (Å²) in [6, 6.07) is 3.37. The molecule has 0 saturated heterocycles. The summed E-state index contributed by atoms with van der Waals surface area (Å²) in [5.41, 5.74) is 12.0. The van der Waals surface area contributed by atoms with E-state index in [9.17, 15) is 4.79 Å². The molecule has 0 bridgehead atoms. The highest BCUT2D eigenvalue weighted by molar-refractivity contribution is 5.90. The molecule has 0 aliphatic rings. The van der Waals surface area contributed by atoms with Crippen LogP contribution >= 0.6 is 0 Å². The highest BCUT2D eigenvalue weighted by Gasteiger charge is 2.07. The third-order valence-corrected chi connectivity index (χ3v) is 1.90. The first-order chi connectivity index (χ1) is 7.15. The second kappa shape index (κ2) is 6.95. The number of amides is 1. The van der Waals surface area contributed by atoms with E-state index in [1.807, 2.05) is 20.8 Å². The first-order valence-electron chi connectivity index (χ1n) is 5.16. The molecule has 4 N–H and O–H groups in total. The minimum absolute atomic E-state index is 0.0545. The van der Waals surface area contributed by atoms with Crippen molar-refractivity contribution in [1.82, 2.24) is 4.98 Å². The molecule has 4 nitrogen and oxygen atoms in total. The van der Waals surface area contributed by atoms with Crippen molar-refractivity contribution in [3.8, 4) is 0 Å². The number of carbonyl (C=O) groups excluding carboxylic acids is 1. The van der Waals surface area contributed by atoms with Crippen LogP contribution in [0.25, 0.3) is 0 Å². The highest BCUT2D eigenvalue weighted by Crippen LogP contribution is 2.13. The van der Waals surface area contributed by atoms with E-state index in [0.717, 1.165) is 12.0 Å². The summed E-state index contributed by atoms with van der Waals surface area (Å²) in [6.45, 7) is 5.98. The van der Waals surface area contributed by atoms with Gasteiger partial charge in [0.25, 0.3) is 5.91 Å². The van der Waals surface area contributed by atoms with Crippen LogP contribution < -0.4 is 11.5 Å². The second-order valence-corrected chi connectivity index (χ2v) is 2.85. The van der Waals surface area contributed by atoms with E-state index < -0.39 is 5.91 Å². The zero-order valence-electron chi connectivity index (χ0n) is 9.53. The quantitative estimate of drug-likeness (QED) is 0.793. The molecule has 1 atom stereocenters. The first-order valence-corrected chi connectivity index (χ1v) is 5.16. The average Bonchev–Trinajstić information content (AvgIpc) is 2.30. The van der Waals surface area contributed by atoms with E-state index in [1.54, 1.807) is 18.3 Å². The Morgan fingerprint density at radius 3 is 2.60 bits per heavy atom. The standard InChI is InChI=1S/C9H13N3O.C2H6/c1-2-7(10)6-3-4-12-8(5-6)9(11)13;1-2/h3-5,7H,2,10H2,1H3,(H2,11,13);1-2H3. The number of primary amides is 1. The van der Waals surface area contributed by atoms with Crippen molar-refractivity contribution >= 4 is 5.91 Å². The van der Waals surface area contributed by atoms with Crippen LogP contribution in [0.15, 0.2) is 18.3 Å². The van der Waals surface area contributed by atoms with Gasteiger partial charge in [-0.1, -0.05) is 20.8 Å². The number of pyridine rings is 1. The van der Waals surface area contributed by atoms with Gasteiger partial charge in [-0.05, 0) is 24.1 Å². The topological polar surface area (TPSA) is 82.0 Å². The molecule has 0 saturated carbocycles. The molecule has 4 heteroatoms. The number of nitrogens with two attached hydrogens (primary N) is 2. The molecule has 0 aliphatic carbocycles. The van der Waals surface area contributed by atoms with Gasteiger partial charge < -0.3 is 11.5 Å². The summed E-state index contributed by atoms with van der Waals surface area (Å²) in [7, 11) is 0. The van der Waals surface area contributed by atoms with Gasteiger partial charge in [-0.2, -0.15) is 0 Å². The number of aromatic nitrogens is 1. The van der Waals surface area contributed by atoms with Crippen LogP contribution in [0, 0.1) is 0 Å². The van der Waals surface area contributed by atoms with Crippen molar-refractivity contribution in [1.29, 1.82) is 0 Å². The molecule has 1 aromatic rings. The van der Waals surface area contributed by atoms with E-state index in [2.05, 4.69) is 4.98 Å². The van der Waals surface area contributed by atoms with Gasteiger partial charge >= 0.3 is 0 Å². The molecule has 1 heterocycles. The normalized spacial score (nSPS) is 11.2. The molecule has 84 valence electrons. The van der Waals surface area contributed by atoms with Crippen LogP contribution in [0.2, 0.25) is 0 Å². The summed E-state index contributed by atoms with van der Waals surface area (Å²) >= 11 is 0. The number of hydrogen-bond acceptors (Lipinski definition) is 3. The summed E-state index contributed by atoms with van der Waals surface area (Å²) in [6.07, 6.45) is 2.37. The third-order valence-electron chi connectivity index (χ3n) is 1.90. The molecular formula is C11H19N3O. The molecule has 1 unspecified atom stereocenters. The number of rotatable bonds is 3. The van der Waals surface area contributed by atoms with Crippen LogP contribution in [-0.4, -0.2) is 10.9 Å². The fourth-order valence-electron chi connectivity index (χ4n) is 1.05. The SMILES string of the molecule is CC.CCC(N)c1ccnc(C(N)=O)c1. The zero-order valence-corrected chi connectivity index (χ0v) is 9.53. The number of nitrogens with zero attached hydrogens (tertiary/aromatic N) is 1. The van der Waals surface area contributed by atoms with E-state index in [0.29, 0.717) is 0 Å². The van der Waals surface area contributed by atoms with Gasteiger partial charge in [0, 0.05) is 12.2 Å². The predicted molar refractivity (Wildman–Crippen MR) is 61.3 cm³/mol. The van der Waals surface area contributed by atoms with Crippen LogP contribution in [0.3, 0.4) is 0 Å². The Morgan fingerprint density at radius 2 is 2.13 bits per heavy atom. The Labute approximate surface area is 90.7 Å². The lowest BCUT2D eigenvalue weighted by atomic mass is 10.1. The lowest BCUT2D eigenvalue weighted by Crippen LogP contribution is -2.15. The van der Waals surface area contributed by atoms with Gasteiger partial charge in [-0.15, -0.1) is 0 Å². The van der Waals surface area contributed by atoms with Gasteiger partial charge in [0.05, 0.1) is 0 Å². The molecular weight excluding hydrogens is 190 g/mol. The van der Waals surface area contributed by atoms with Gasteiger partial charge in [0.15, 0.2) is 0 Å². The molecule has 0 aromatic carbocycles. The molecule has 1 amide bonds. The maximum atomic E-state index is 10.8. The molecule has 0 aliphatic heterocycles. The summed E-state index contributed by atoms with van der Waals surface area (Å²) in [5.74, 6) is -0.523. The van der Waals surface area contributed by atoms with Crippen molar-refractivity contribution in [3.05, 3.63) is 29.6 Å². The third kappa shape index (κ3) is 4.08. The monoisotopic (exact) mass is 209 g/mol. The maximum absolute atomic E-state index is 10.8. The Balaban J connectivity index is 0.000000921. The Bertz CT molecular complexity index is 312. The van der Waals surface area contributed by atoms with E-state index >= 15 is 0 Å². The van der Waals surface area contributed by atoms with E-state index in [-0.39, 0.29) is 11.7 Å². The molecule has 1 aromatic heterocycles. The largest absolute Gasteiger partial charge is 0.364 e. The van der Waals surface area contributed by atoms with Crippen LogP contribution in [-0.2, 0) is 0 Å². The smallest absolute Gasteiger partial charge is 0.267 e. The fourth-order valence-corrected chi connectivity index (χ4v) is 1.05. The van der Waals surface area contributed by atoms with Crippen molar-refractivity contribution < 1.29 is 4.79 Å². The lowest BCUT2D eigenvalue weighted by Gasteiger charge is -2.08. The van der Waals surface area contributed by atoms with Crippen LogP contribution in [0.5, 0.6) is 0 Å². The molecule has 0 spiro atoms. The molecule has 0 radical (unpaired) electrons. The number of hydrogen-bond donors (Lipinski definition) is 2. The Hall–Kier alpha value is -1.42. The van der Waals surface area contributed by atoms with Crippen molar-refractivity contribution in [2.45, 2.75) is 33.2 Å². The fraction of sp³-hybridized carbons (Fsp3) is 0.455. The van der Waals surface area contributed by atoms with E-state index in [4.69, 9.17) is 11.5 Å². The lowest BCUT2D eigenvalue weighted by molar-refractivity contribution is 0.0995. The predicted octanol–water partition coefficient (Wildman–Crippen LogP) is 1.62. The summed E-state index contributed by atoms with van der Waals surface area (Å²) in [4.78, 5) is 14.6.